The maximum atomic E-state index is 15.5. The summed E-state index contributed by atoms with van der Waals surface area (Å²) in [5, 5.41) is 6.44. The Kier molecular flexibility index (Phi) is 5.93. The standard InChI is InChI=1S/C26H20Cl2F2N2O3/c1-2-35-20-9-8-18(29)23(30)22(20)24-26(16-7-6-15(28)11-19(16)31-25(26)34)17(12-21(33)32-24)13-4-3-5-14(27)10-13/h3-11,17,24H,2,12H2,1H3,(H,31,34)(H,32,33)/t17-,24+,26-/m0/s1. The number of fused-ring (bicyclic) bond motifs is 2. The number of amides is 2. The van der Waals surface area contributed by atoms with E-state index in [-0.39, 0.29) is 24.3 Å². The van der Waals surface area contributed by atoms with Crippen LogP contribution >= 0.6 is 23.2 Å². The van der Waals surface area contributed by atoms with Crippen molar-refractivity contribution < 1.29 is 23.1 Å². The molecule has 1 saturated heterocycles. The average Bonchev–Trinajstić information content (AvgIpc) is 3.09. The quantitative estimate of drug-likeness (QED) is 0.453. The molecule has 35 heavy (non-hydrogen) atoms. The first-order chi connectivity index (χ1) is 16.8. The van der Waals surface area contributed by atoms with Gasteiger partial charge in [-0.1, -0.05) is 41.4 Å². The summed E-state index contributed by atoms with van der Waals surface area (Å²) in [7, 11) is 0. The molecule has 3 aromatic carbocycles. The van der Waals surface area contributed by atoms with Crippen molar-refractivity contribution >= 4 is 40.7 Å². The number of benzene rings is 3. The van der Waals surface area contributed by atoms with E-state index in [4.69, 9.17) is 27.9 Å². The summed E-state index contributed by atoms with van der Waals surface area (Å²) in [5.41, 5.74) is -0.215. The predicted octanol–water partition coefficient (Wildman–Crippen LogP) is 5.91. The topological polar surface area (TPSA) is 67.4 Å². The van der Waals surface area contributed by atoms with Crippen molar-refractivity contribution in [3.05, 3.63) is 93.0 Å². The molecule has 1 spiro atoms. The van der Waals surface area contributed by atoms with E-state index in [1.165, 1.54) is 6.07 Å². The molecule has 9 heteroatoms. The summed E-state index contributed by atoms with van der Waals surface area (Å²) in [5.74, 6) is -3.92. The maximum Gasteiger partial charge on any atom is 0.238 e. The summed E-state index contributed by atoms with van der Waals surface area (Å²) >= 11 is 12.5. The molecule has 3 aromatic rings. The SMILES string of the molecule is CCOc1ccc(F)c(F)c1[C@H]1NC(=O)C[C@@H](c2cccc(Cl)c2)[C@]12C(=O)Nc1cc(Cl)ccc12. The first-order valence-electron chi connectivity index (χ1n) is 11.0. The van der Waals surface area contributed by atoms with Gasteiger partial charge in [0.05, 0.1) is 18.2 Å². The molecular formula is C26H20Cl2F2N2O3. The Balaban J connectivity index is 1.85. The zero-order valence-electron chi connectivity index (χ0n) is 18.5. The number of hydrogen-bond donors (Lipinski definition) is 2. The fraction of sp³-hybridized carbons (Fsp3) is 0.231. The first-order valence-corrected chi connectivity index (χ1v) is 11.8. The zero-order chi connectivity index (χ0) is 24.9. The highest BCUT2D eigenvalue weighted by Gasteiger charge is 2.62. The lowest BCUT2D eigenvalue weighted by atomic mass is 9.59. The van der Waals surface area contributed by atoms with E-state index in [0.717, 1.165) is 6.07 Å². The van der Waals surface area contributed by atoms with Crippen LogP contribution in [-0.2, 0) is 15.0 Å². The van der Waals surface area contributed by atoms with Crippen LogP contribution in [0.4, 0.5) is 14.5 Å². The molecule has 2 aliphatic heterocycles. The fourth-order valence-electron chi connectivity index (χ4n) is 5.35. The smallest absolute Gasteiger partial charge is 0.238 e. The number of rotatable bonds is 4. The summed E-state index contributed by atoms with van der Waals surface area (Å²) in [6.45, 7) is 1.87. The van der Waals surface area contributed by atoms with Gasteiger partial charge in [0.25, 0.3) is 0 Å². The van der Waals surface area contributed by atoms with E-state index in [9.17, 15) is 14.0 Å². The highest BCUT2D eigenvalue weighted by atomic mass is 35.5. The second-order valence-corrected chi connectivity index (χ2v) is 9.40. The average molecular weight is 517 g/mol. The van der Waals surface area contributed by atoms with Crippen LogP contribution in [0.5, 0.6) is 5.75 Å². The summed E-state index contributed by atoms with van der Waals surface area (Å²) < 4.78 is 35.7. The van der Waals surface area contributed by atoms with E-state index < -0.39 is 40.8 Å². The van der Waals surface area contributed by atoms with Crippen LogP contribution in [0.3, 0.4) is 0 Å². The van der Waals surface area contributed by atoms with Crippen molar-refractivity contribution in [3.8, 4) is 5.75 Å². The molecule has 2 heterocycles. The van der Waals surface area contributed by atoms with Crippen LogP contribution in [0.1, 0.15) is 42.0 Å². The van der Waals surface area contributed by atoms with Gasteiger partial charge >= 0.3 is 0 Å². The van der Waals surface area contributed by atoms with Gasteiger partial charge in [0.1, 0.15) is 11.2 Å². The normalized spacial score (nSPS) is 23.1. The molecule has 0 bridgehead atoms. The largest absolute Gasteiger partial charge is 0.493 e. The van der Waals surface area contributed by atoms with Gasteiger partial charge in [-0.3, -0.25) is 9.59 Å². The van der Waals surface area contributed by atoms with Gasteiger partial charge in [-0.05, 0) is 54.4 Å². The van der Waals surface area contributed by atoms with Crippen LogP contribution in [0, 0.1) is 11.6 Å². The van der Waals surface area contributed by atoms with E-state index in [0.29, 0.717) is 26.9 Å². The van der Waals surface area contributed by atoms with Crippen molar-refractivity contribution in [1.29, 1.82) is 0 Å². The van der Waals surface area contributed by atoms with Gasteiger partial charge in [0.2, 0.25) is 11.8 Å². The minimum Gasteiger partial charge on any atom is -0.493 e. The second-order valence-electron chi connectivity index (χ2n) is 8.53. The van der Waals surface area contributed by atoms with Crippen LogP contribution < -0.4 is 15.4 Å². The third-order valence-corrected chi connectivity index (χ3v) is 7.15. The molecule has 0 aliphatic carbocycles. The Morgan fingerprint density at radius 2 is 1.83 bits per heavy atom. The maximum absolute atomic E-state index is 15.5. The summed E-state index contributed by atoms with van der Waals surface area (Å²) in [6.07, 6.45) is -0.0762. The third kappa shape index (κ3) is 3.65. The molecule has 0 aromatic heterocycles. The molecule has 0 saturated carbocycles. The molecule has 0 radical (unpaired) electrons. The Morgan fingerprint density at radius 3 is 2.57 bits per heavy atom. The number of anilines is 1. The Labute approximate surface area is 210 Å². The van der Waals surface area contributed by atoms with Crippen molar-refractivity contribution in [3.63, 3.8) is 0 Å². The molecule has 5 nitrogen and oxygen atoms in total. The number of nitrogens with one attached hydrogen (secondary N) is 2. The molecule has 2 aliphatic rings. The summed E-state index contributed by atoms with van der Waals surface area (Å²) in [4.78, 5) is 27.0. The van der Waals surface area contributed by atoms with Crippen LogP contribution in [0.15, 0.2) is 54.6 Å². The number of piperidine rings is 1. The minimum atomic E-state index is -1.54. The van der Waals surface area contributed by atoms with Crippen molar-refractivity contribution in [2.24, 2.45) is 0 Å². The lowest BCUT2D eigenvalue weighted by Crippen LogP contribution is -2.57. The molecule has 2 N–H and O–H groups in total. The van der Waals surface area contributed by atoms with E-state index in [1.54, 1.807) is 49.4 Å². The highest BCUT2D eigenvalue weighted by molar-refractivity contribution is 6.31. The van der Waals surface area contributed by atoms with E-state index in [1.807, 2.05) is 0 Å². The number of ether oxygens (including phenoxy) is 1. The fourth-order valence-corrected chi connectivity index (χ4v) is 5.72. The van der Waals surface area contributed by atoms with Gasteiger partial charge < -0.3 is 15.4 Å². The van der Waals surface area contributed by atoms with Crippen LogP contribution in [0.25, 0.3) is 0 Å². The van der Waals surface area contributed by atoms with Gasteiger partial charge in [-0.15, -0.1) is 0 Å². The molecule has 180 valence electrons. The van der Waals surface area contributed by atoms with Crippen molar-refractivity contribution in [1.82, 2.24) is 5.32 Å². The Morgan fingerprint density at radius 1 is 1.06 bits per heavy atom. The first kappa shape index (κ1) is 23.6. The van der Waals surface area contributed by atoms with Gasteiger partial charge in [-0.2, -0.15) is 0 Å². The molecule has 3 atom stereocenters. The molecule has 5 rings (SSSR count). The number of carbonyl (C=O) groups is 2. The van der Waals surface area contributed by atoms with E-state index in [2.05, 4.69) is 10.6 Å². The van der Waals surface area contributed by atoms with E-state index >= 15 is 4.39 Å². The minimum absolute atomic E-state index is 0.0398. The van der Waals surface area contributed by atoms with Crippen LogP contribution in [0.2, 0.25) is 10.0 Å². The summed E-state index contributed by atoms with van der Waals surface area (Å²) in [6, 6.07) is 12.7. The predicted molar refractivity (Wildman–Crippen MR) is 129 cm³/mol. The zero-order valence-corrected chi connectivity index (χ0v) is 20.0. The Bertz CT molecular complexity index is 1370. The third-order valence-electron chi connectivity index (χ3n) is 6.68. The van der Waals surface area contributed by atoms with Gasteiger partial charge in [0, 0.05) is 28.1 Å². The van der Waals surface area contributed by atoms with Crippen LogP contribution in [-0.4, -0.2) is 18.4 Å². The lowest BCUT2D eigenvalue weighted by Gasteiger charge is -2.46. The molecule has 2 amide bonds. The molecule has 0 unspecified atom stereocenters. The van der Waals surface area contributed by atoms with Gasteiger partial charge in [0.15, 0.2) is 11.6 Å². The number of carbonyl (C=O) groups excluding carboxylic acids is 2. The molecular weight excluding hydrogens is 497 g/mol. The number of halogens is 4. The number of hydrogen-bond acceptors (Lipinski definition) is 3. The molecule has 1 fully saturated rings. The van der Waals surface area contributed by atoms with Crippen molar-refractivity contribution in [2.75, 3.05) is 11.9 Å². The highest BCUT2D eigenvalue weighted by Crippen LogP contribution is 2.58. The second kappa shape index (κ2) is 8.81. The monoisotopic (exact) mass is 516 g/mol. The van der Waals surface area contributed by atoms with Crippen molar-refractivity contribution in [2.45, 2.75) is 30.7 Å². The Hall–Kier alpha value is -3.16. The van der Waals surface area contributed by atoms with Gasteiger partial charge in [-0.25, -0.2) is 8.78 Å². The lowest BCUT2D eigenvalue weighted by molar-refractivity contribution is -0.131.